The summed E-state index contributed by atoms with van der Waals surface area (Å²) in [6, 6.07) is 0.255. The van der Waals surface area contributed by atoms with Gasteiger partial charge in [0.25, 0.3) is 0 Å². The van der Waals surface area contributed by atoms with Gasteiger partial charge in [-0.25, -0.2) is 0 Å². The number of carbonyl (C=O) groups excluding carboxylic acids is 1. The molecule has 0 aliphatic rings. The summed E-state index contributed by atoms with van der Waals surface area (Å²) < 4.78 is 0. The summed E-state index contributed by atoms with van der Waals surface area (Å²) in [6.45, 7) is 11.2. The molecular weight excluding hydrogens is 164 g/mol. The number of hydrogen-bond donors (Lipinski definition) is 2. The molecule has 0 heterocycles. The first-order valence-electron chi connectivity index (χ1n) is 4.55. The first-order chi connectivity index (χ1) is 6.04. The molecule has 0 bridgehead atoms. The second-order valence-corrected chi connectivity index (χ2v) is 3.12. The molecule has 0 saturated heterocycles. The fourth-order valence-corrected chi connectivity index (χ4v) is 0.632. The Labute approximate surface area is 81.4 Å². The average Bonchev–Trinajstić information content (AvgIpc) is 1.99. The van der Waals surface area contributed by atoms with E-state index in [0.717, 1.165) is 25.8 Å². The first-order valence-corrected chi connectivity index (χ1v) is 4.55. The van der Waals surface area contributed by atoms with Gasteiger partial charge in [0.1, 0.15) is 6.29 Å². The largest absolute Gasteiger partial charge is 0.327 e. The predicted octanol–water partition coefficient (Wildman–Crippen LogP) is 1.09. The number of rotatable bonds is 5. The van der Waals surface area contributed by atoms with E-state index >= 15 is 0 Å². The van der Waals surface area contributed by atoms with Crippen LogP contribution in [0.4, 0.5) is 0 Å². The second kappa shape index (κ2) is 11.3. The third-order valence-corrected chi connectivity index (χ3v) is 1.19. The minimum atomic E-state index is 0.255. The van der Waals surface area contributed by atoms with Crippen molar-refractivity contribution in [1.82, 2.24) is 5.32 Å². The Morgan fingerprint density at radius 2 is 2.15 bits per heavy atom. The van der Waals surface area contributed by atoms with E-state index in [9.17, 15) is 0 Å². The molecule has 1 atom stereocenters. The van der Waals surface area contributed by atoms with Crippen molar-refractivity contribution in [3.05, 3.63) is 12.2 Å². The van der Waals surface area contributed by atoms with Crippen molar-refractivity contribution >= 4 is 6.29 Å². The highest BCUT2D eigenvalue weighted by Gasteiger charge is 1.91. The van der Waals surface area contributed by atoms with Crippen molar-refractivity contribution in [2.24, 2.45) is 5.73 Å². The zero-order valence-corrected chi connectivity index (χ0v) is 8.97. The lowest BCUT2D eigenvalue weighted by atomic mass is 10.2. The van der Waals surface area contributed by atoms with Gasteiger partial charge >= 0.3 is 0 Å². The van der Waals surface area contributed by atoms with Gasteiger partial charge in [0, 0.05) is 12.6 Å². The Kier molecular flexibility index (Phi) is 12.9. The van der Waals surface area contributed by atoms with E-state index in [2.05, 4.69) is 11.9 Å². The van der Waals surface area contributed by atoms with Gasteiger partial charge in [0.2, 0.25) is 0 Å². The van der Waals surface area contributed by atoms with Crippen LogP contribution in [0.15, 0.2) is 12.2 Å². The van der Waals surface area contributed by atoms with Crippen LogP contribution in [0.5, 0.6) is 0 Å². The van der Waals surface area contributed by atoms with Gasteiger partial charge in [-0.2, -0.15) is 0 Å². The number of aldehydes is 1. The monoisotopic (exact) mass is 186 g/mol. The van der Waals surface area contributed by atoms with Crippen molar-refractivity contribution in [2.45, 2.75) is 33.2 Å². The van der Waals surface area contributed by atoms with Crippen LogP contribution in [-0.2, 0) is 4.79 Å². The highest BCUT2D eigenvalue weighted by atomic mass is 16.1. The van der Waals surface area contributed by atoms with Crippen LogP contribution in [0.25, 0.3) is 0 Å². The summed E-state index contributed by atoms with van der Waals surface area (Å²) in [4.78, 5) is 8.81. The van der Waals surface area contributed by atoms with E-state index in [0.29, 0.717) is 0 Å². The Bertz CT molecular complexity index is 133. The molecule has 0 aromatic carbocycles. The molecule has 0 aliphatic carbocycles. The molecule has 0 amide bonds. The summed E-state index contributed by atoms with van der Waals surface area (Å²) in [7, 11) is 0. The standard InChI is InChI=1S/C8H18N2.C2H4O/c1-7(2)4-5-10-6-8(3)9;1-2-3/h8,10H,1,4-6,9H2,2-3H3;2H,1H3. The molecule has 0 aromatic rings. The number of hydrogen-bond acceptors (Lipinski definition) is 3. The fraction of sp³-hybridized carbons (Fsp3) is 0.700. The zero-order valence-electron chi connectivity index (χ0n) is 8.97. The quantitative estimate of drug-likeness (QED) is 0.384. The third-order valence-electron chi connectivity index (χ3n) is 1.19. The highest BCUT2D eigenvalue weighted by molar-refractivity contribution is 5.44. The van der Waals surface area contributed by atoms with Gasteiger partial charge in [0.15, 0.2) is 0 Å². The average molecular weight is 186 g/mol. The van der Waals surface area contributed by atoms with Crippen LogP contribution in [0, 0.1) is 0 Å². The fourth-order valence-electron chi connectivity index (χ4n) is 0.632. The number of nitrogens with two attached hydrogens (primary N) is 1. The number of carbonyl (C=O) groups is 1. The summed E-state index contributed by atoms with van der Waals surface area (Å²) in [5, 5.41) is 3.23. The van der Waals surface area contributed by atoms with Gasteiger partial charge in [-0.1, -0.05) is 5.57 Å². The molecule has 0 fully saturated rings. The summed E-state index contributed by atoms with van der Waals surface area (Å²) in [5.41, 5.74) is 6.74. The van der Waals surface area contributed by atoms with E-state index in [1.165, 1.54) is 12.5 Å². The molecule has 0 aliphatic heterocycles. The molecule has 78 valence electrons. The van der Waals surface area contributed by atoms with Crippen molar-refractivity contribution in [3.8, 4) is 0 Å². The lowest BCUT2D eigenvalue weighted by molar-refractivity contribution is -0.106. The summed E-state index contributed by atoms with van der Waals surface area (Å²) >= 11 is 0. The van der Waals surface area contributed by atoms with Gasteiger partial charge in [-0.15, -0.1) is 6.58 Å². The van der Waals surface area contributed by atoms with Crippen LogP contribution < -0.4 is 11.1 Å². The highest BCUT2D eigenvalue weighted by Crippen LogP contribution is 1.91. The predicted molar refractivity (Wildman–Crippen MR) is 57.7 cm³/mol. The molecule has 1 unspecified atom stereocenters. The summed E-state index contributed by atoms with van der Waals surface area (Å²) in [5.74, 6) is 0. The van der Waals surface area contributed by atoms with E-state index in [-0.39, 0.29) is 6.04 Å². The Hall–Kier alpha value is -0.670. The van der Waals surface area contributed by atoms with Gasteiger partial charge in [-0.05, 0) is 33.7 Å². The van der Waals surface area contributed by atoms with Crippen molar-refractivity contribution < 1.29 is 4.79 Å². The van der Waals surface area contributed by atoms with Gasteiger partial charge < -0.3 is 15.8 Å². The maximum absolute atomic E-state index is 8.81. The molecule has 0 spiro atoms. The minimum absolute atomic E-state index is 0.255. The van der Waals surface area contributed by atoms with Gasteiger partial charge in [-0.3, -0.25) is 0 Å². The Morgan fingerprint density at radius 3 is 2.46 bits per heavy atom. The van der Waals surface area contributed by atoms with Crippen LogP contribution in [0.1, 0.15) is 27.2 Å². The zero-order chi connectivity index (χ0) is 10.7. The lowest BCUT2D eigenvalue weighted by Gasteiger charge is -2.06. The lowest BCUT2D eigenvalue weighted by Crippen LogP contribution is -2.31. The van der Waals surface area contributed by atoms with Crippen molar-refractivity contribution in [1.29, 1.82) is 0 Å². The second-order valence-electron chi connectivity index (χ2n) is 3.12. The number of nitrogens with one attached hydrogen (secondary N) is 1. The molecular formula is C10H22N2O. The van der Waals surface area contributed by atoms with E-state index in [4.69, 9.17) is 10.5 Å². The molecule has 0 radical (unpaired) electrons. The van der Waals surface area contributed by atoms with Crippen LogP contribution in [-0.4, -0.2) is 25.4 Å². The van der Waals surface area contributed by atoms with E-state index in [1.54, 1.807) is 0 Å². The van der Waals surface area contributed by atoms with Crippen LogP contribution in [0.3, 0.4) is 0 Å². The molecule has 13 heavy (non-hydrogen) atoms. The molecule has 0 rings (SSSR count). The van der Waals surface area contributed by atoms with E-state index in [1.807, 2.05) is 13.8 Å². The molecule has 0 saturated carbocycles. The Morgan fingerprint density at radius 1 is 1.69 bits per heavy atom. The van der Waals surface area contributed by atoms with Crippen LogP contribution >= 0.6 is 0 Å². The Balaban J connectivity index is 0. The SMILES string of the molecule is C=C(C)CCNCC(C)N.CC=O. The molecule has 3 heteroatoms. The molecule has 3 N–H and O–H groups in total. The van der Waals surface area contributed by atoms with Gasteiger partial charge in [0.05, 0.1) is 0 Å². The summed E-state index contributed by atoms with van der Waals surface area (Å²) in [6.07, 6.45) is 1.80. The topological polar surface area (TPSA) is 55.1 Å². The van der Waals surface area contributed by atoms with Crippen LogP contribution in [0.2, 0.25) is 0 Å². The third kappa shape index (κ3) is 24.6. The first kappa shape index (κ1) is 14.8. The maximum Gasteiger partial charge on any atom is 0.116 e. The van der Waals surface area contributed by atoms with Crippen molar-refractivity contribution in [3.63, 3.8) is 0 Å². The maximum atomic E-state index is 8.81. The smallest absolute Gasteiger partial charge is 0.116 e. The molecule has 0 aromatic heterocycles. The minimum Gasteiger partial charge on any atom is -0.327 e. The van der Waals surface area contributed by atoms with E-state index < -0.39 is 0 Å². The normalized spacial score (nSPS) is 11.1. The van der Waals surface area contributed by atoms with Crippen molar-refractivity contribution in [2.75, 3.05) is 13.1 Å². The molecule has 3 nitrogen and oxygen atoms in total.